The molecule has 0 saturated heterocycles. The number of nitrogens with zero attached hydrogens (tertiary/aromatic N) is 2. The van der Waals surface area contributed by atoms with Gasteiger partial charge < -0.3 is 11.1 Å². The lowest BCUT2D eigenvalue weighted by molar-refractivity contribution is 0.262. The summed E-state index contributed by atoms with van der Waals surface area (Å²) in [5.74, 6) is 0.270. The van der Waals surface area contributed by atoms with Crippen molar-refractivity contribution in [3.63, 3.8) is 0 Å². The number of nitrogen functional groups attached to an aromatic ring is 1. The van der Waals surface area contributed by atoms with E-state index in [1.54, 1.807) is 31.2 Å². The number of anilines is 3. The molecule has 0 aliphatic carbocycles. The van der Waals surface area contributed by atoms with Crippen molar-refractivity contribution in [2.45, 2.75) is 6.92 Å². The largest absolute Gasteiger partial charge is 0.394 e. The van der Waals surface area contributed by atoms with E-state index in [1.807, 2.05) is 6.07 Å². The molecule has 96 valence electrons. The number of nitriles is 1. The van der Waals surface area contributed by atoms with E-state index < -0.39 is 6.03 Å². The van der Waals surface area contributed by atoms with Crippen molar-refractivity contribution in [3.05, 3.63) is 35.5 Å². The number of benzene rings is 1. The Hall–Kier alpha value is -3.01. The van der Waals surface area contributed by atoms with Crippen LogP contribution >= 0.6 is 0 Å². The zero-order valence-corrected chi connectivity index (χ0v) is 10.2. The fourth-order valence-electron chi connectivity index (χ4n) is 1.47. The first-order chi connectivity index (χ1) is 9.10. The van der Waals surface area contributed by atoms with Gasteiger partial charge in [-0.15, -0.1) is 0 Å². The number of nitrogens with two attached hydrogens (primary N) is 1. The van der Waals surface area contributed by atoms with Crippen molar-refractivity contribution < 1.29 is 4.79 Å². The first kappa shape index (κ1) is 12.4. The summed E-state index contributed by atoms with van der Waals surface area (Å²) in [5, 5.41) is 20.4. The van der Waals surface area contributed by atoms with Crippen LogP contribution in [-0.2, 0) is 0 Å². The number of H-pyrrole nitrogens is 1. The van der Waals surface area contributed by atoms with Crippen LogP contribution in [0.1, 0.15) is 11.3 Å². The number of amides is 2. The molecule has 0 radical (unpaired) electrons. The van der Waals surface area contributed by atoms with Crippen LogP contribution in [0.3, 0.4) is 0 Å². The second kappa shape index (κ2) is 5.10. The van der Waals surface area contributed by atoms with Crippen LogP contribution in [0.2, 0.25) is 0 Å². The Morgan fingerprint density at radius 3 is 2.89 bits per heavy atom. The summed E-state index contributed by atoms with van der Waals surface area (Å²) < 4.78 is 0. The van der Waals surface area contributed by atoms with Crippen LogP contribution in [0.25, 0.3) is 0 Å². The van der Waals surface area contributed by atoms with Crippen LogP contribution in [0.15, 0.2) is 24.3 Å². The van der Waals surface area contributed by atoms with E-state index in [-0.39, 0.29) is 5.82 Å². The maximum Gasteiger partial charge on any atom is 0.324 e. The molecule has 2 rings (SSSR count). The molecule has 1 heterocycles. The first-order valence-electron chi connectivity index (χ1n) is 5.48. The Balaban J connectivity index is 2.05. The van der Waals surface area contributed by atoms with Crippen molar-refractivity contribution >= 4 is 23.2 Å². The topological polar surface area (TPSA) is 120 Å². The van der Waals surface area contributed by atoms with Crippen molar-refractivity contribution in [2.75, 3.05) is 16.4 Å². The molecule has 1 aromatic heterocycles. The molecule has 0 bridgehead atoms. The molecular formula is C12H12N6O. The molecule has 0 aliphatic heterocycles. The van der Waals surface area contributed by atoms with E-state index in [4.69, 9.17) is 11.0 Å². The summed E-state index contributed by atoms with van der Waals surface area (Å²) in [5.41, 5.74) is 7.76. The Morgan fingerprint density at radius 1 is 1.47 bits per heavy atom. The number of urea groups is 1. The van der Waals surface area contributed by atoms with Gasteiger partial charge in [0.1, 0.15) is 0 Å². The van der Waals surface area contributed by atoms with E-state index in [1.165, 1.54) is 0 Å². The third kappa shape index (κ3) is 2.81. The van der Waals surface area contributed by atoms with Gasteiger partial charge in [-0.3, -0.25) is 10.4 Å². The van der Waals surface area contributed by atoms with Gasteiger partial charge in [0, 0.05) is 5.69 Å². The molecule has 0 saturated carbocycles. The highest BCUT2D eigenvalue weighted by Gasteiger charge is 2.10. The average molecular weight is 256 g/mol. The lowest BCUT2D eigenvalue weighted by Crippen LogP contribution is -2.20. The molecule has 19 heavy (non-hydrogen) atoms. The Kier molecular flexibility index (Phi) is 3.34. The second-order valence-corrected chi connectivity index (χ2v) is 3.88. The van der Waals surface area contributed by atoms with Gasteiger partial charge in [-0.1, -0.05) is 6.07 Å². The minimum Gasteiger partial charge on any atom is -0.394 e. The summed E-state index contributed by atoms with van der Waals surface area (Å²) in [6.07, 6.45) is 0. The number of rotatable bonds is 2. The van der Waals surface area contributed by atoms with Gasteiger partial charge in [0.05, 0.1) is 23.0 Å². The molecular weight excluding hydrogens is 244 g/mol. The molecule has 0 unspecified atom stereocenters. The molecule has 0 fully saturated rings. The standard InChI is InChI=1S/C12H12N6O/c1-7-10(14)11(18-17-7)16-12(19)15-9-4-2-3-8(5-9)6-13/h2-5H,14H2,1H3,(H3,15,16,17,18,19). The van der Waals surface area contributed by atoms with E-state index in [0.29, 0.717) is 22.6 Å². The molecule has 7 heteroatoms. The predicted octanol–water partition coefficient (Wildman–Crippen LogP) is 1.82. The molecule has 2 amide bonds. The summed E-state index contributed by atoms with van der Waals surface area (Å²) >= 11 is 0. The van der Waals surface area contributed by atoms with Crippen LogP contribution in [-0.4, -0.2) is 16.2 Å². The van der Waals surface area contributed by atoms with Gasteiger partial charge in [-0.05, 0) is 25.1 Å². The van der Waals surface area contributed by atoms with Crippen LogP contribution < -0.4 is 16.4 Å². The van der Waals surface area contributed by atoms with Gasteiger partial charge >= 0.3 is 6.03 Å². The Labute approximate surface area is 109 Å². The predicted molar refractivity (Wildman–Crippen MR) is 71.5 cm³/mol. The zero-order valence-electron chi connectivity index (χ0n) is 10.2. The molecule has 2 aromatic rings. The van der Waals surface area contributed by atoms with Crippen molar-refractivity contribution in [1.82, 2.24) is 10.2 Å². The SMILES string of the molecule is Cc1[nH]nc(NC(=O)Nc2cccc(C#N)c2)c1N. The van der Waals surface area contributed by atoms with Crippen LogP contribution in [0, 0.1) is 18.3 Å². The third-order valence-corrected chi connectivity index (χ3v) is 2.48. The first-order valence-corrected chi connectivity index (χ1v) is 5.48. The minimum atomic E-state index is -0.478. The average Bonchev–Trinajstić information content (AvgIpc) is 2.71. The monoisotopic (exact) mass is 256 g/mol. The minimum absolute atomic E-state index is 0.270. The summed E-state index contributed by atoms with van der Waals surface area (Å²) in [6.45, 7) is 1.75. The summed E-state index contributed by atoms with van der Waals surface area (Å²) in [6, 6.07) is 8.10. The number of carbonyl (C=O) groups is 1. The smallest absolute Gasteiger partial charge is 0.324 e. The highest BCUT2D eigenvalue weighted by atomic mass is 16.2. The number of aromatic nitrogens is 2. The number of aromatic amines is 1. The van der Waals surface area contributed by atoms with Crippen molar-refractivity contribution in [1.29, 1.82) is 5.26 Å². The van der Waals surface area contributed by atoms with Crippen LogP contribution in [0.5, 0.6) is 0 Å². The normalized spacial score (nSPS) is 9.68. The zero-order chi connectivity index (χ0) is 13.8. The molecule has 0 spiro atoms. The quantitative estimate of drug-likeness (QED) is 0.655. The highest BCUT2D eigenvalue weighted by molar-refractivity contribution is 6.00. The molecule has 0 atom stereocenters. The van der Waals surface area contributed by atoms with E-state index in [9.17, 15) is 4.79 Å². The Bertz CT molecular complexity index is 654. The van der Waals surface area contributed by atoms with E-state index in [2.05, 4.69) is 20.8 Å². The molecule has 5 N–H and O–H groups in total. The summed E-state index contributed by atoms with van der Waals surface area (Å²) in [7, 11) is 0. The lowest BCUT2D eigenvalue weighted by atomic mass is 10.2. The van der Waals surface area contributed by atoms with Crippen LogP contribution in [0.4, 0.5) is 22.0 Å². The number of aryl methyl sites for hydroxylation is 1. The van der Waals surface area contributed by atoms with Gasteiger partial charge in [0.2, 0.25) is 0 Å². The van der Waals surface area contributed by atoms with Crippen molar-refractivity contribution in [2.24, 2.45) is 0 Å². The molecule has 1 aromatic carbocycles. The number of hydrogen-bond donors (Lipinski definition) is 4. The number of nitrogens with one attached hydrogen (secondary N) is 3. The highest BCUT2D eigenvalue weighted by Crippen LogP contribution is 2.18. The lowest BCUT2D eigenvalue weighted by Gasteiger charge is -2.06. The van der Waals surface area contributed by atoms with Gasteiger partial charge in [0.15, 0.2) is 5.82 Å². The number of hydrogen-bond acceptors (Lipinski definition) is 4. The van der Waals surface area contributed by atoms with Crippen molar-refractivity contribution in [3.8, 4) is 6.07 Å². The fraction of sp³-hybridized carbons (Fsp3) is 0.0833. The third-order valence-electron chi connectivity index (χ3n) is 2.48. The van der Waals surface area contributed by atoms with Gasteiger partial charge in [0.25, 0.3) is 0 Å². The maximum atomic E-state index is 11.7. The van der Waals surface area contributed by atoms with E-state index >= 15 is 0 Å². The Morgan fingerprint density at radius 2 is 2.26 bits per heavy atom. The maximum absolute atomic E-state index is 11.7. The summed E-state index contributed by atoms with van der Waals surface area (Å²) in [4.78, 5) is 11.7. The number of carbonyl (C=O) groups excluding carboxylic acids is 1. The fourth-order valence-corrected chi connectivity index (χ4v) is 1.47. The van der Waals surface area contributed by atoms with Gasteiger partial charge in [-0.2, -0.15) is 10.4 Å². The molecule has 7 nitrogen and oxygen atoms in total. The van der Waals surface area contributed by atoms with Gasteiger partial charge in [-0.25, -0.2) is 4.79 Å². The molecule has 0 aliphatic rings. The second-order valence-electron chi connectivity index (χ2n) is 3.88. The van der Waals surface area contributed by atoms with E-state index in [0.717, 1.165) is 0 Å².